The van der Waals surface area contributed by atoms with Gasteiger partial charge in [-0.05, 0) is 26.2 Å². The number of rotatable bonds is 12. The fourth-order valence-corrected chi connectivity index (χ4v) is 4.77. The van der Waals surface area contributed by atoms with E-state index in [2.05, 4.69) is 5.32 Å². The van der Waals surface area contributed by atoms with Crippen molar-refractivity contribution in [1.29, 1.82) is 0 Å². The van der Waals surface area contributed by atoms with Crippen molar-refractivity contribution in [2.45, 2.75) is 127 Å². The molecule has 5 unspecified atom stereocenters. The first-order chi connectivity index (χ1) is 17.7. The predicted molar refractivity (Wildman–Crippen MR) is 137 cm³/mol. The van der Waals surface area contributed by atoms with Crippen molar-refractivity contribution in [1.82, 2.24) is 5.32 Å². The summed E-state index contributed by atoms with van der Waals surface area (Å²) in [5.41, 5.74) is 5.94. The van der Waals surface area contributed by atoms with Gasteiger partial charge in [-0.25, -0.2) is 0 Å². The molecule has 1 amide bonds. The zero-order valence-electron chi connectivity index (χ0n) is 23.0. The summed E-state index contributed by atoms with van der Waals surface area (Å²) in [7, 11) is 0. The van der Waals surface area contributed by atoms with Crippen LogP contribution >= 0.6 is 0 Å². The molecular formula is C26H48N2O10. The van der Waals surface area contributed by atoms with Crippen LogP contribution < -0.4 is 11.1 Å². The molecule has 0 aromatic rings. The molecule has 0 aliphatic carbocycles. The fraction of sp³-hybridized carbons (Fsp3) is 0.885. The van der Waals surface area contributed by atoms with Crippen LogP contribution in [0.3, 0.4) is 0 Å². The number of carbonyl (C=O) groups excluding carboxylic acids is 1. The molecular weight excluding hydrogens is 500 g/mol. The van der Waals surface area contributed by atoms with Crippen molar-refractivity contribution in [2.75, 3.05) is 6.61 Å². The first kappa shape index (κ1) is 33.0. The van der Waals surface area contributed by atoms with Gasteiger partial charge in [0.1, 0.15) is 6.10 Å². The highest BCUT2D eigenvalue weighted by molar-refractivity contribution is 5.80. The lowest BCUT2D eigenvalue weighted by Gasteiger charge is -2.46. The average Bonchev–Trinajstić information content (AvgIpc) is 2.83. The summed E-state index contributed by atoms with van der Waals surface area (Å²) < 4.78 is 17.7. The molecule has 2 aliphatic rings. The number of nitrogens with one attached hydrogen (secondary N) is 1. The number of aliphatic hydroxyl groups excluding tert-OH is 5. The highest BCUT2D eigenvalue weighted by Gasteiger charge is 2.50. The van der Waals surface area contributed by atoms with E-state index in [1.165, 1.54) is 0 Å². The molecule has 0 radical (unpaired) electrons. The van der Waals surface area contributed by atoms with E-state index in [9.17, 15) is 35.4 Å². The summed E-state index contributed by atoms with van der Waals surface area (Å²) in [5, 5.41) is 65.4. The number of amides is 1. The molecule has 12 heteroatoms. The second-order valence-corrected chi connectivity index (χ2v) is 11.0. The zero-order valence-corrected chi connectivity index (χ0v) is 23.0. The van der Waals surface area contributed by atoms with Gasteiger partial charge < -0.3 is 55.9 Å². The largest absolute Gasteiger partial charge is 0.394 e. The summed E-state index contributed by atoms with van der Waals surface area (Å²) in [5.74, 6) is -3.78. The number of allylic oxidation sites excluding steroid dienone is 1. The monoisotopic (exact) mass is 548 g/mol. The molecule has 0 bridgehead atoms. The van der Waals surface area contributed by atoms with Gasteiger partial charge >= 0.3 is 0 Å². The Morgan fingerprint density at radius 1 is 1.24 bits per heavy atom. The van der Waals surface area contributed by atoms with Crippen molar-refractivity contribution in [3.8, 4) is 0 Å². The van der Waals surface area contributed by atoms with Crippen molar-refractivity contribution in [3.05, 3.63) is 12.2 Å². The quantitative estimate of drug-likeness (QED) is 0.137. The van der Waals surface area contributed by atoms with Crippen LogP contribution in [0, 0.1) is 11.8 Å². The summed E-state index contributed by atoms with van der Waals surface area (Å²) in [6, 6.07) is -1.58. The molecule has 0 aromatic heterocycles. The van der Waals surface area contributed by atoms with E-state index in [0.717, 1.165) is 0 Å². The first-order valence-corrected chi connectivity index (χ1v) is 13.5. The van der Waals surface area contributed by atoms with Crippen LogP contribution in [-0.4, -0.2) is 110 Å². The number of aliphatic hydroxyl groups is 6. The van der Waals surface area contributed by atoms with Crippen molar-refractivity contribution in [2.24, 2.45) is 17.6 Å². The Bertz CT molecular complexity index is 770. The summed E-state index contributed by atoms with van der Waals surface area (Å²) >= 11 is 0. The smallest absolute Gasteiger partial charge is 0.228 e. The van der Waals surface area contributed by atoms with E-state index >= 15 is 0 Å². The Morgan fingerprint density at radius 2 is 1.89 bits per heavy atom. The Morgan fingerprint density at radius 3 is 2.47 bits per heavy atom. The molecule has 0 aromatic carbocycles. The fourth-order valence-electron chi connectivity index (χ4n) is 4.77. The van der Waals surface area contributed by atoms with Gasteiger partial charge in [0.25, 0.3) is 0 Å². The molecule has 222 valence electrons. The summed E-state index contributed by atoms with van der Waals surface area (Å²) in [4.78, 5) is 13.1. The van der Waals surface area contributed by atoms with Gasteiger partial charge in [-0.15, -0.1) is 0 Å². The van der Waals surface area contributed by atoms with Crippen molar-refractivity contribution >= 4 is 5.91 Å². The second-order valence-electron chi connectivity index (χ2n) is 11.0. The third kappa shape index (κ3) is 8.65. The second kappa shape index (κ2) is 14.4. The van der Waals surface area contributed by atoms with E-state index in [0.29, 0.717) is 6.42 Å². The molecule has 12 nitrogen and oxygen atoms in total. The average molecular weight is 549 g/mol. The van der Waals surface area contributed by atoms with Crippen molar-refractivity contribution < 1.29 is 49.6 Å². The van der Waals surface area contributed by atoms with Gasteiger partial charge in [-0.3, -0.25) is 4.79 Å². The Labute approximate surface area is 224 Å². The standard InChI is InChI=1S/C26H48N2O10/c1-6-7-8-16(37-25-23(33)21(27)22(32)15(5)36-25)9-19-20(24(34)28-14(4)12-29)18(31)11-26(35,38-19)10-17(30)13(2)3/h7-8,13-23,25,29-33,35H,6,9-12,27H2,1-5H3,(H,28,34)/b8-7+/t14-,15?,16-,17+,18-,19-,20+,21?,22?,23?,25?,26+/m0/s1. The summed E-state index contributed by atoms with van der Waals surface area (Å²) in [6.07, 6.45) is -4.76. The predicted octanol–water partition coefficient (Wildman–Crippen LogP) is -1.12. The van der Waals surface area contributed by atoms with Gasteiger partial charge in [0.2, 0.25) is 5.91 Å². The zero-order chi connectivity index (χ0) is 28.8. The molecule has 9 N–H and O–H groups in total. The maximum absolute atomic E-state index is 13.1. The van der Waals surface area contributed by atoms with Crippen LogP contribution in [0.1, 0.15) is 60.3 Å². The maximum atomic E-state index is 13.1. The van der Waals surface area contributed by atoms with Gasteiger partial charge in [0.05, 0.1) is 55.2 Å². The van der Waals surface area contributed by atoms with Crippen LogP contribution in [-0.2, 0) is 19.0 Å². The van der Waals surface area contributed by atoms with Gasteiger partial charge in [-0.2, -0.15) is 0 Å². The lowest BCUT2D eigenvalue weighted by molar-refractivity contribution is -0.307. The van der Waals surface area contributed by atoms with Crippen LogP contribution in [0.2, 0.25) is 0 Å². The van der Waals surface area contributed by atoms with E-state index in [-0.39, 0.29) is 31.8 Å². The topological polar surface area (TPSA) is 204 Å². The van der Waals surface area contributed by atoms with E-state index in [1.54, 1.807) is 33.8 Å². The molecule has 12 atom stereocenters. The van der Waals surface area contributed by atoms with E-state index < -0.39 is 78.7 Å². The minimum Gasteiger partial charge on any atom is -0.394 e. The van der Waals surface area contributed by atoms with Crippen molar-refractivity contribution in [3.63, 3.8) is 0 Å². The Kier molecular flexibility index (Phi) is 12.6. The number of hydrogen-bond donors (Lipinski definition) is 8. The maximum Gasteiger partial charge on any atom is 0.228 e. The lowest BCUT2D eigenvalue weighted by Crippen LogP contribution is -2.62. The Balaban J connectivity index is 2.34. The summed E-state index contributed by atoms with van der Waals surface area (Å²) in [6.45, 7) is 8.38. The van der Waals surface area contributed by atoms with Crippen LogP contribution in [0.25, 0.3) is 0 Å². The first-order valence-electron chi connectivity index (χ1n) is 13.5. The third-order valence-corrected chi connectivity index (χ3v) is 7.23. The van der Waals surface area contributed by atoms with Gasteiger partial charge in [0, 0.05) is 25.3 Å². The molecule has 2 heterocycles. The number of carbonyl (C=O) groups is 1. The lowest BCUT2D eigenvalue weighted by atomic mass is 9.81. The molecule has 2 saturated heterocycles. The van der Waals surface area contributed by atoms with E-state index in [4.69, 9.17) is 19.9 Å². The highest BCUT2D eigenvalue weighted by atomic mass is 16.7. The molecule has 0 saturated carbocycles. The van der Waals surface area contributed by atoms with Crippen LogP contribution in [0.4, 0.5) is 0 Å². The number of nitrogens with two attached hydrogens (primary N) is 1. The SMILES string of the molecule is CC/C=C/[C@@H](C[C@@H]1O[C@](O)(C[C@@H](O)C(C)C)C[C@H](O)[C@H]1C(=O)N[C@@H](C)CO)OC1OC(C)C(O)C(N)C1O. The minimum absolute atomic E-state index is 0.0298. The number of ether oxygens (including phenoxy) is 3. The highest BCUT2D eigenvalue weighted by Crippen LogP contribution is 2.38. The van der Waals surface area contributed by atoms with Crippen LogP contribution in [0.15, 0.2) is 12.2 Å². The minimum atomic E-state index is -1.91. The van der Waals surface area contributed by atoms with E-state index in [1.807, 2.05) is 13.0 Å². The third-order valence-electron chi connectivity index (χ3n) is 7.23. The Hall–Kier alpha value is -1.19. The molecule has 2 rings (SSSR count). The normalized spacial score (nSPS) is 38.8. The van der Waals surface area contributed by atoms with Gasteiger partial charge in [0.15, 0.2) is 12.1 Å². The molecule has 2 fully saturated rings. The molecule has 0 spiro atoms. The van der Waals surface area contributed by atoms with Gasteiger partial charge in [-0.1, -0.05) is 32.9 Å². The molecule has 2 aliphatic heterocycles. The molecule has 38 heavy (non-hydrogen) atoms. The number of hydrogen-bond acceptors (Lipinski definition) is 11. The van der Waals surface area contributed by atoms with Crippen LogP contribution in [0.5, 0.6) is 0 Å².